The highest BCUT2D eigenvalue weighted by Gasteiger charge is 2.33. The molecule has 5 nitrogen and oxygen atoms in total. The number of amides is 1. The molecular weight excluding hydrogens is 382 g/mol. The Morgan fingerprint density at radius 1 is 1.24 bits per heavy atom. The highest BCUT2D eigenvalue weighted by atomic mass is 32.1. The Morgan fingerprint density at radius 3 is 2.86 bits per heavy atom. The average molecular weight is 404 g/mol. The van der Waals surface area contributed by atoms with E-state index in [4.69, 9.17) is 4.52 Å². The number of thiophene rings is 1. The second-order valence-electron chi connectivity index (χ2n) is 7.66. The fourth-order valence-corrected chi connectivity index (χ4v) is 4.98. The van der Waals surface area contributed by atoms with E-state index in [0.29, 0.717) is 17.8 Å². The van der Waals surface area contributed by atoms with Crippen molar-refractivity contribution in [3.05, 3.63) is 81.3 Å². The molecule has 0 spiro atoms. The topological polar surface area (TPSA) is 59.2 Å². The van der Waals surface area contributed by atoms with Crippen LogP contribution in [-0.4, -0.2) is 27.5 Å². The molecule has 1 aliphatic rings. The van der Waals surface area contributed by atoms with Crippen LogP contribution in [0.15, 0.2) is 58.6 Å². The zero-order chi connectivity index (χ0) is 20.0. The van der Waals surface area contributed by atoms with Gasteiger partial charge in [0, 0.05) is 17.6 Å². The molecule has 146 valence electrons. The highest BCUT2D eigenvalue weighted by Crippen LogP contribution is 2.38. The quantitative estimate of drug-likeness (QED) is 0.472. The summed E-state index contributed by atoms with van der Waals surface area (Å²) < 4.78 is 5.33. The van der Waals surface area contributed by atoms with Gasteiger partial charge in [0.05, 0.1) is 22.7 Å². The normalized spacial score (nSPS) is 16.4. The number of aromatic nitrogens is 2. The largest absolute Gasteiger partial charge is 0.336 e. The number of hydrogen-bond acceptors (Lipinski definition) is 5. The van der Waals surface area contributed by atoms with Crippen LogP contribution in [-0.2, 0) is 6.42 Å². The summed E-state index contributed by atoms with van der Waals surface area (Å²) in [6.45, 7) is 4.80. The first kappa shape index (κ1) is 18.1. The number of carbonyl (C=O) groups is 1. The number of hydrogen-bond donors (Lipinski definition) is 0. The van der Waals surface area contributed by atoms with Gasteiger partial charge in [-0.15, -0.1) is 11.3 Å². The fraction of sp³-hybridized carbons (Fsp3) is 0.261. The molecule has 0 radical (unpaired) electrons. The summed E-state index contributed by atoms with van der Waals surface area (Å²) in [5, 5.41) is 7.07. The second kappa shape index (κ2) is 7.12. The minimum Gasteiger partial charge on any atom is -0.336 e. The van der Waals surface area contributed by atoms with Gasteiger partial charge < -0.3 is 9.42 Å². The lowest BCUT2D eigenvalue weighted by atomic mass is 9.92. The van der Waals surface area contributed by atoms with Crippen molar-refractivity contribution in [2.24, 2.45) is 0 Å². The molecule has 6 heteroatoms. The highest BCUT2D eigenvalue weighted by molar-refractivity contribution is 7.10. The summed E-state index contributed by atoms with van der Waals surface area (Å²) in [4.78, 5) is 21.3. The van der Waals surface area contributed by atoms with Crippen molar-refractivity contribution >= 4 is 28.3 Å². The summed E-state index contributed by atoms with van der Waals surface area (Å²) in [6, 6.07) is 14.2. The summed E-state index contributed by atoms with van der Waals surface area (Å²) in [7, 11) is 0. The third-order valence-corrected chi connectivity index (χ3v) is 6.49. The van der Waals surface area contributed by atoms with Crippen LogP contribution in [0.3, 0.4) is 0 Å². The van der Waals surface area contributed by atoms with Gasteiger partial charge in [-0.25, -0.2) is 4.98 Å². The predicted octanol–water partition coefficient (Wildman–Crippen LogP) is 5.20. The Labute approximate surface area is 173 Å². The SMILES string of the molecule is CC(C)c1noc2ncc(C(=O)N3CCc4sccc4[C@@H]3c3ccccc3)cc12. The Balaban J connectivity index is 1.58. The molecule has 1 aliphatic heterocycles. The molecule has 0 fully saturated rings. The molecule has 4 aromatic rings. The standard InChI is InChI=1S/C23H21N3O2S/c1-14(2)20-18-12-16(13-24-22(18)28-25-20)23(27)26-10-8-19-17(9-11-29-19)21(26)15-6-4-3-5-7-15/h3-7,9,11-14,21H,8,10H2,1-2H3/t21-/m0/s1. The van der Waals surface area contributed by atoms with Crippen LogP contribution in [0.1, 0.15) is 57.9 Å². The maximum Gasteiger partial charge on any atom is 0.257 e. The van der Waals surface area contributed by atoms with E-state index in [9.17, 15) is 4.79 Å². The molecule has 1 aromatic carbocycles. The minimum absolute atomic E-state index is 0.0130. The van der Waals surface area contributed by atoms with Crippen LogP contribution >= 0.6 is 11.3 Å². The van der Waals surface area contributed by atoms with E-state index in [2.05, 4.69) is 47.6 Å². The van der Waals surface area contributed by atoms with E-state index in [1.54, 1.807) is 17.5 Å². The van der Waals surface area contributed by atoms with Crippen LogP contribution in [0.2, 0.25) is 0 Å². The third kappa shape index (κ3) is 3.04. The third-order valence-electron chi connectivity index (χ3n) is 5.49. The lowest BCUT2D eigenvalue weighted by Crippen LogP contribution is -2.40. The maximum absolute atomic E-state index is 13.6. The number of carbonyl (C=O) groups excluding carboxylic acids is 1. The zero-order valence-electron chi connectivity index (χ0n) is 16.3. The van der Waals surface area contributed by atoms with Crippen molar-refractivity contribution in [1.29, 1.82) is 0 Å². The van der Waals surface area contributed by atoms with Crippen molar-refractivity contribution in [2.75, 3.05) is 6.54 Å². The monoisotopic (exact) mass is 403 g/mol. The summed E-state index contributed by atoms with van der Waals surface area (Å²) in [5.41, 5.74) is 4.23. The molecule has 0 aliphatic carbocycles. The smallest absolute Gasteiger partial charge is 0.257 e. The molecule has 1 atom stereocenters. The lowest BCUT2D eigenvalue weighted by Gasteiger charge is -2.36. The second-order valence-corrected chi connectivity index (χ2v) is 8.66. The molecule has 1 amide bonds. The van der Waals surface area contributed by atoms with Crippen molar-refractivity contribution in [1.82, 2.24) is 15.0 Å². The molecule has 0 bridgehead atoms. The Kier molecular flexibility index (Phi) is 4.43. The molecule has 29 heavy (non-hydrogen) atoms. The first-order chi connectivity index (χ1) is 14.1. The fourth-order valence-electron chi connectivity index (χ4n) is 4.08. The van der Waals surface area contributed by atoms with Crippen LogP contribution in [0.25, 0.3) is 11.1 Å². The first-order valence-corrected chi connectivity index (χ1v) is 10.7. The van der Waals surface area contributed by atoms with Gasteiger partial charge in [-0.1, -0.05) is 49.3 Å². The minimum atomic E-state index is -0.0820. The predicted molar refractivity (Wildman–Crippen MR) is 113 cm³/mol. The van der Waals surface area contributed by atoms with Crippen LogP contribution in [0, 0.1) is 0 Å². The molecule has 0 N–H and O–H groups in total. The van der Waals surface area contributed by atoms with Gasteiger partial charge in [-0.3, -0.25) is 4.79 Å². The lowest BCUT2D eigenvalue weighted by molar-refractivity contribution is 0.0696. The Morgan fingerprint density at radius 2 is 2.07 bits per heavy atom. The van der Waals surface area contributed by atoms with E-state index in [-0.39, 0.29) is 17.9 Å². The van der Waals surface area contributed by atoms with Gasteiger partial charge >= 0.3 is 0 Å². The number of fused-ring (bicyclic) bond motifs is 2. The maximum atomic E-state index is 13.6. The van der Waals surface area contributed by atoms with Crippen LogP contribution < -0.4 is 0 Å². The van der Waals surface area contributed by atoms with E-state index < -0.39 is 0 Å². The van der Waals surface area contributed by atoms with Crippen molar-refractivity contribution in [3.63, 3.8) is 0 Å². The van der Waals surface area contributed by atoms with Crippen LogP contribution in [0.4, 0.5) is 0 Å². The van der Waals surface area contributed by atoms with Crippen molar-refractivity contribution in [3.8, 4) is 0 Å². The molecule has 0 saturated heterocycles. The molecule has 5 rings (SSSR count). The van der Waals surface area contributed by atoms with Gasteiger partial charge in [0.25, 0.3) is 11.6 Å². The Hall–Kier alpha value is -2.99. The van der Waals surface area contributed by atoms with Gasteiger partial charge in [0.1, 0.15) is 0 Å². The first-order valence-electron chi connectivity index (χ1n) is 9.81. The van der Waals surface area contributed by atoms with Gasteiger partial charge in [0.2, 0.25) is 0 Å². The number of benzene rings is 1. The van der Waals surface area contributed by atoms with Crippen molar-refractivity contribution in [2.45, 2.75) is 32.2 Å². The summed E-state index contributed by atoms with van der Waals surface area (Å²) in [5.74, 6) is 0.185. The molecular formula is C23H21N3O2S. The summed E-state index contributed by atoms with van der Waals surface area (Å²) >= 11 is 1.77. The number of rotatable bonds is 3. The zero-order valence-corrected chi connectivity index (χ0v) is 17.1. The molecule has 4 heterocycles. The molecule has 0 saturated carbocycles. The Bertz CT molecular complexity index is 1180. The summed E-state index contributed by atoms with van der Waals surface area (Å²) in [6.07, 6.45) is 2.48. The van der Waals surface area contributed by atoms with E-state index in [1.807, 2.05) is 29.2 Å². The van der Waals surface area contributed by atoms with E-state index in [0.717, 1.165) is 23.1 Å². The average Bonchev–Trinajstić information content (AvgIpc) is 3.39. The van der Waals surface area contributed by atoms with Crippen molar-refractivity contribution < 1.29 is 9.32 Å². The van der Waals surface area contributed by atoms with Crippen LogP contribution in [0.5, 0.6) is 0 Å². The van der Waals surface area contributed by atoms with Gasteiger partial charge in [0.15, 0.2) is 0 Å². The number of pyridine rings is 1. The van der Waals surface area contributed by atoms with Gasteiger partial charge in [-0.05, 0) is 41.0 Å². The van der Waals surface area contributed by atoms with E-state index in [1.165, 1.54) is 10.4 Å². The number of nitrogens with zero attached hydrogens (tertiary/aromatic N) is 3. The molecule has 0 unspecified atom stereocenters. The van der Waals surface area contributed by atoms with Gasteiger partial charge in [-0.2, -0.15) is 0 Å². The van der Waals surface area contributed by atoms with E-state index >= 15 is 0 Å². The molecule has 3 aromatic heterocycles.